The van der Waals surface area contributed by atoms with E-state index in [0.717, 1.165) is 5.56 Å². The molecule has 0 aliphatic carbocycles. The van der Waals surface area contributed by atoms with E-state index < -0.39 is 5.91 Å². The van der Waals surface area contributed by atoms with E-state index >= 15 is 0 Å². The fraction of sp³-hybridized carbons (Fsp3) is 0.263. The molecule has 0 saturated heterocycles. The Kier molecular flexibility index (Phi) is 6.83. The first-order chi connectivity index (χ1) is 12.1. The second kappa shape index (κ2) is 9.32. The molecule has 0 aliphatic heterocycles. The summed E-state index contributed by atoms with van der Waals surface area (Å²) in [6.07, 6.45) is 0.275. The number of para-hydroxylation sites is 2. The standard InChI is InChI=1S/C19H22N2O4/c1-14(15-8-4-3-5-9-15)12-18(22)20-21-19(23)13-25-17-11-7-6-10-16(17)24-2/h3-11,14H,12-13H2,1-2H3,(H,20,22)(H,21,23)/t14-/m0/s1. The number of benzene rings is 2. The predicted molar refractivity (Wildman–Crippen MR) is 94.2 cm³/mol. The molecule has 132 valence electrons. The number of hydrogen-bond donors (Lipinski definition) is 2. The highest BCUT2D eigenvalue weighted by Gasteiger charge is 2.12. The lowest BCUT2D eigenvalue weighted by molar-refractivity contribution is -0.130. The number of carbonyl (C=O) groups is 2. The molecule has 1 atom stereocenters. The van der Waals surface area contributed by atoms with Crippen molar-refractivity contribution in [2.75, 3.05) is 13.7 Å². The first-order valence-electron chi connectivity index (χ1n) is 7.98. The third-order valence-corrected chi connectivity index (χ3v) is 3.63. The molecule has 0 radical (unpaired) electrons. The molecular weight excluding hydrogens is 320 g/mol. The normalized spacial score (nSPS) is 11.3. The molecule has 0 aliphatic rings. The van der Waals surface area contributed by atoms with Gasteiger partial charge in [0, 0.05) is 6.42 Å². The summed E-state index contributed by atoms with van der Waals surface area (Å²) in [4.78, 5) is 23.7. The van der Waals surface area contributed by atoms with Crippen LogP contribution in [-0.2, 0) is 9.59 Å². The zero-order valence-electron chi connectivity index (χ0n) is 14.3. The minimum absolute atomic E-state index is 0.0583. The Morgan fingerprint density at radius 3 is 2.20 bits per heavy atom. The van der Waals surface area contributed by atoms with Gasteiger partial charge in [0.05, 0.1) is 7.11 Å². The van der Waals surface area contributed by atoms with Crippen LogP contribution in [0.4, 0.5) is 0 Å². The second-order valence-electron chi connectivity index (χ2n) is 5.55. The quantitative estimate of drug-likeness (QED) is 0.758. The molecule has 25 heavy (non-hydrogen) atoms. The van der Waals surface area contributed by atoms with Gasteiger partial charge in [-0.2, -0.15) is 0 Å². The molecular formula is C19H22N2O4. The third kappa shape index (κ3) is 5.84. The van der Waals surface area contributed by atoms with Gasteiger partial charge in [-0.3, -0.25) is 20.4 Å². The van der Waals surface area contributed by atoms with E-state index in [2.05, 4.69) is 10.9 Å². The molecule has 0 saturated carbocycles. The van der Waals surface area contributed by atoms with Crippen LogP contribution >= 0.6 is 0 Å². The van der Waals surface area contributed by atoms with Crippen molar-refractivity contribution in [1.82, 2.24) is 10.9 Å². The van der Waals surface area contributed by atoms with E-state index in [1.807, 2.05) is 37.3 Å². The summed E-state index contributed by atoms with van der Waals surface area (Å²) < 4.78 is 10.5. The molecule has 0 aromatic heterocycles. The van der Waals surface area contributed by atoms with Crippen molar-refractivity contribution < 1.29 is 19.1 Å². The lowest BCUT2D eigenvalue weighted by atomic mass is 9.98. The number of methoxy groups -OCH3 is 1. The molecule has 6 nitrogen and oxygen atoms in total. The Labute approximate surface area is 147 Å². The van der Waals surface area contributed by atoms with Crippen molar-refractivity contribution in [3.63, 3.8) is 0 Å². The van der Waals surface area contributed by atoms with Gasteiger partial charge in [0.15, 0.2) is 18.1 Å². The van der Waals surface area contributed by atoms with Gasteiger partial charge >= 0.3 is 0 Å². The van der Waals surface area contributed by atoms with E-state index in [4.69, 9.17) is 9.47 Å². The van der Waals surface area contributed by atoms with E-state index in [1.165, 1.54) is 7.11 Å². The SMILES string of the molecule is COc1ccccc1OCC(=O)NNC(=O)C[C@H](C)c1ccccc1. The maximum atomic E-state index is 11.9. The summed E-state index contributed by atoms with van der Waals surface area (Å²) in [6.45, 7) is 1.73. The second-order valence-corrected chi connectivity index (χ2v) is 5.55. The van der Waals surface area contributed by atoms with Crippen molar-refractivity contribution in [3.8, 4) is 11.5 Å². The molecule has 2 aromatic carbocycles. The smallest absolute Gasteiger partial charge is 0.276 e. The van der Waals surface area contributed by atoms with Gasteiger partial charge < -0.3 is 9.47 Å². The maximum Gasteiger partial charge on any atom is 0.276 e. The summed E-state index contributed by atoms with van der Waals surface area (Å²) in [5.41, 5.74) is 5.81. The highest BCUT2D eigenvalue weighted by Crippen LogP contribution is 2.25. The number of carbonyl (C=O) groups excluding carboxylic acids is 2. The Morgan fingerprint density at radius 2 is 1.52 bits per heavy atom. The molecule has 6 heteroatoms. The van der Waals surface area contributed by atoms with Crippen molar-refractivity contribution in [1.29, 1.82) is 0 Å². The van der Waals surface area contributed by atoms with Gasteiger partial charge in [-0.05, 0) is 23.6 Å². The Balaban J connectivity index is 1.73. The van der Waals surface area contributed by atoms with Gasteiger partial charge in [0.1, 0.15) is 0 Å². The summed E-state index contributed by atoms with van der Waals surface area (Å²) in [7, 11) is 1.52. The summed E-state index contributed by atoms with van der Waals surface area (Å²) in [6, 6.07) is 16.8. The maximum absolute atomic E-state index is 11.9. The monoisotopic (exact) mass is 342 g/mol. The fourth-order valence-corrected chi connectivity index (χ4v) is 2.29. The zero-order valence-corrected chi connectivity index (χ0v) is 14.3. The van der Waals surface area contributed by atoms with E-state index in [-0.39, 0.29) is 24.9 Å². The average Bonchev–Trinajstić information content (AvgIpc) is 2.65. The number of ether oxygens (including phenoxy) is 2. The lowest BCUT2D eigenvalue weighted by Gasteiger charge is -2.13. The summed E-state index contributed by atoms with van der Waals surface area (Å²) in [5.74, 6) is 0.344. The Bertz CT molecular complexity index is 704. The molecule has 2 rings (SSSR count). The lowest BCUT2D eigenvalue weighted by Crippen LogP contribution is -2.44. The topological polar surface area (TPSA) is 76.7 Å². The van der Waals surface area contributed by atoms with Gasteiger partial charge in [-0.15, -0.1) is 0 Å². The molecule has 2 amide bonds. The number of hydrogen-bond acceptors (Lipinski definition) is 4. The number of nitrogens with one attached hydrogen (secondary N) is 2. The number of amides is 2. The molecule has 2 aromatic rings. The number of hydrazine groups is 1. The van der Waals surface area contributed by atoms with Crippen molar-refractivity contribution in [3.05, 3.63) is 60.2 Å². The first kappa shape index (κ1) is 18.3. The van der Waals surface area contributed by atoms with Gasteiger partial charge in [-0.1, -0.05) is 49.4 Å². The third-order valence-electron chi connectivity index (χ3n) is 3.63. The van der Waals surface area contributed by atoms with Crippen LogP contribution in [0.15, 0.2) is 54.6 Å². The van der Waals surface area contributed by atoms with Crippen LogP contribution in [0.1, 0.15) is 24.8 Å². The fourth-order valence-electron chi connectivity index (χ4n) is 2.29. The summed E-state index contributed by atoms with van der Waals surface area (Å²) in [5, 5.41) is 0. The van der Waals surface area contributed by atoms with Crippen LogP contribution in [-0.4, -0.2) is 25.5 Å². The van der Waals surface area contributed by atoms with Crippen LogP contribution in [0.5, 0.6) is 11.5 Å². The summed E-state index contributed by atoms with van der Waals surface area (Å²) >= 11 is 0. The molecule has 0 spiro atoms. The highest BCUT2D eigenvalue weighted by molar-refractivity contribution is 5.83. The van der Waals surface area contributed by atoms with Gasteiger partial charge in [0.25, 0.3) is 5.91 Å². The van der Waals surface area contributed by atoms with Crippen molar-refractivity contribution >= 4 is 11.8 Å². The van der Waals surface area contributed by atoms with Crippen LogP contribution in [0, 0.1) is 0 Å². The Morgan fingerprint density at radius 1 is 0.920 bits per heavy atom. The van der Waals surface area contributed by atoms with Crippen molar-refractivity contribution in [2.45, 2.75) is 19.3 Å². The number of rotatable bonds is 7. The largest absolute Gasteiger partial charge is 0.493 e. The van der Waals surface area contributed by atoms with Crippen LogP contribution in [0.3, 0.4) is 0 Å². The molecule has 0 bridgehead atoms. The Hall–Kier alpha value is -3.02. The van der Waals surface area contributed by atoms with E-state index in [1.54, 1.807) is 24.3 Å². The van der Waals surface area contributed by atoms with E-state index in [9.17, 15) is 9.59 Å². The van der Waals surface area contributed by atoms with Crippen LogP contribution < -0.4 is 20.3 Å². The predicted octanol–water partition coefficient (Wildman–Crippen LogP) is 2.42. The van der Waals surface area contributed by atoms with Gasteiger partial charge in [0.2, 0.25) is 5.91 Å². The zero-order chi connectivity index (χ0) is 18.1. The van der Waals surface area contributed by atoms with Crippen LogP contribution in [0.25, 0.3) is 0 Å². The first-order valence-corrected chi connectivity index (χ1v) is 7.98. The molecule has 0 unspecified atom stereocenters. The molecule has 0 fully saturated rings. The highest BCUT2D eigenvalue weighted by atomic mass is 16.5. The minimum Gasteiger partial charge on any atom is -0.493 e. The van der Waals surface area contributed by atoms with Crippen LogP contribution in [0.2, 0.25) is 0 Å². The minimum atomic E-state index is -0.452. The van der Waals surface area contributed by atoms with E-state index in [0.29, 0.717) is 11.5 Å². The van der Waals surface area contributed by atoms with Crippen molar-refractivity contribution in [2.24, 2.45) is 0 Å². The molecule has 2 N–H and O–H groups in total. The average molecular weight is 342 g/mol. The van der Waals surface area contributed by atoms with Gasteiger partial charge in [-0.25, -0.2) is 0 Å². The molecule has 0 heterocycles.